The molecule has 2 N–H and O–H groups in total. The normalized spacial score (nSPS) is 22.3. The number of hydrogen-bond acceptors (Lipinski definition) is 4. The lowest BCUT2D eigenvalue weighted by molar-refractivity contribution is 0.227. The number of fused-ring (bicyclic) bond motifs is 1. The van der Waals surface area contributed by atoms with E-state index in [1.165, 1.54) is 43.5 Å². The van der Waals surface area contributed by atoms with Gasteiger partial charge in [-0.2, -0.15) is 0 Å². The number of nitrogens with zero attached hydrogens (tertiary/aromatic N) is 2. The summed E-state index contributed by atoms with van der Waals surface area (Å²) in [4.78, 5) is 7.19. The SMILES string of the molecule is CN1CCCC1CCOc1nc2c(cc1CN)CCCC2. The van der Waals surface area contributed by atoms with E-state index in [1.54, 1.807) is 0 Å². The first-order chi connectivity index (χ1) is 10.3. The molecule has 1 aliphatic carbocycles. The Morgan fingerprint density at radius 2 is 2.19 bits per heavy atom. The van der Waals surface area contributed by atoms with Gasteiger partial charge in [0.15, 0.2) is 0 Å². The maximum atomic E-state index is 5.99. The molecule has 1 aromatic heterocycles. The molecule has 1 saturated heterocycles. The minimum atomic E-state index is 0.513. The van der Waals surface area contributed by atoms with Crippen LogP contribution in [0.3, 0.4) is 0 Å². The Balaban J connectivity index is 1.63. The summed E-state index contributed by atoms with van der Waals surface area (Å²) < 4.78 is 5.99. The van der Waals surface area contributed by atoms with Gasteiger partial charge in [-0.25, -0.2) is 4.98 Å². The molecule has 1 aliphatic heterocycles. The first-order valence-electron chi connectivity index (χ1n) is 8.32. The number of aromatic nitrogens is 1. The Labute approximate surface area is 127 Å². The summed E-state index contributed by atoms with van der Waals surface area (Å²) >= 11 is 0. The van der Waals surface area contributed by atoms with Crippen molar-refractivity contribution in [1.82, 2.24) is 9.88 Å². The Hall–Kier alpha value is -1.13. The van der Waals surface area contributed by atoms with Gasteiger partial charge in [0.2, 0.25) is 5.88 Å². The van der Waals surface area contributed by atoms with E-state index >= 15 is 0 Å². The van der Waals surface area contributed by atoms with Crippen LogP contribution in [0.5, 0.6) is 5.88 Å². The third kappa shape index (κ3) is 3.38. The lowest BCUT2D eigenvalue weighted by atomic mass is 9.95. The van der Waals surface area contributed by atoms with Crippen molar-refractivity contribution in [1.29, 1.82) is 0 Å². The summed E-state index contributed by atoms with van der Waals surface area (Å²) in [5.41, 5.74) is 9.54. The molecular weight excluding hydrogens is 262 g/mol. The second kappa shape index (κ2) is 6.75. The van der Waals surface area contributed by atoms with Gasteiger partial charge in [-0.15, -0.1) is 0 Å². The molecule has 0 aromatic carbocycles. The predicted molar refractivity (Wildman–Crippen MR) is 84.5 cm³/mol. The monoisotopic (exact) mass is 289 g/mol. The molecule has 1 aromatic rings. The second-order valence-corrected chi connectivity index (χ2v) is 6.38. The van der Waals surface area contributed by atoms with E-state index in [1.807, 2.05) is 0 Å². The highest BCUT2D eigenvalue weighted by atomic mass is 16.5. The molecule has 4 nitrogen and oxygen atoms in total. The van der Waals surface area contributed by atoms with E-state index in [-0.39, 0.29) is 0 Å². The van der Waals surface area contributed by atoms with E-state index in [0.29, 0.717) is 12.6 Å². The highest BCUT2D eigenvalue weighted by Crippen LogP contribution is 2.26. The number of likely N-dealkylation sites (tertiary alicyclic amines) is 1. The van der Waals surface area contributed by atoms with Crippen LogP contribution in [0.4, 0.5) is 0 Å². The van der Waals surface area contributed by atoms with Crippen LogP contribution in [0, 0.1) is 0 Å². The van der Waals surface area contributed by atoms with Crippen molar-refractivity contribution in [3.05, 3.63) is 22.9 Å². The van der Waals surface area contributed by atoms with Crippen LogP contribution in [0.2, 0.25) is 0 Å². The number of aryl methyl sites for hydroxylation is 2. The Kier molecular flexibility index (Phi) is 4.76. The number of ether oxygens (including phenoxy) is 1. The largest absolute Gasteiger partial charge is 0.477 e. The minimum absolute atomic E-state index is 0.513. The van der Waals surface area contributed by atoms with E-state index in [0.717, 1.165) is 37.3 Å². The van der Waals surface area contributed by atoms with Crippen molar-refractivity contribution in [2.24, 2.45) is 5.73 Å². The quantitative estimate of drug-likeness (QED) is 0.903. The molecule has 116 valence electrons. The van der Waals surface area contributed by atoms with E-state index in [9.17, 15) is 0 Å². The van der Waals surface area contributed by atoms with E-state index in [2.05, 4.69) is 18.0 Å². The first-order valence-corrected chi connectivity index (χ1v) is 8.32. The number of nitrogens with two attached hydrogens (primary N) is 1. The summed E-state index contributed by atoms with van der Waals surface area (Å²) in [6.45, 7) is 2.47. The smallest absolute Gasteiger partial charge is 0.218 e. The van der Waals surface area contributed by atoms with Gasteiger partial charge in [0.25, 0.3) is 0 Å². The highest BCUT2D eigenvalue weighted by molar-refractivity contribution is 5.35. The van der Waals surface area contributed by atoms with E-state index < -0.39 is 0 Å². The molecule has 21 heavy (non-hydrogen) atoms. The van der Waals surface area contributed by atoms with Crippen molar-refractivity contribution in [3.8, 4) is 5.88 Å². The Bertz CT molecular complexity index is 489. The summed E-state index contributed by atoms with van der Waals surface area (Å²) in [6, 6.07) is 2.89. The molecule has 0 saturated carbocycles. The van der Waals surface area contributed by atoms with Crippen LogP contribution in [-0.4, -0.2) is 36.1 Å². The van der Waals surface area contributed by atoms with Crippen molar-refractivity contribution < 1.29 is 4.74 Å². The topological polar surface area (TPSA) is 51.4 Å². The summed E-state index contributed by atoms with van der Waals surface area (Å²) in [7, 11) is 2.21. The van der Waals surface area contributed by atoms with Gasteiger partial charge in [-0.3, -0.25) is 0 Å². The van der Waals surface area contributed by atoms with Crippen LogP contribution < -0.4 is 10.5 Å². The second-order valence-electron chi connectivity index (χ2n) is 6.38. The van der Waals surface area contributed by atoms with Crippen molar-refractivity contribution >= 4 is 0 Å². The molecule has 2 aliphatic rings. The van der Waals surface area contributed by atoms with Crippen molar-refractivity contribution in [2.45, 2.75) is 57.5 Å². The van der Waals surface area contributed by atoms with Crippen LogP contribution in [0.1, 0.15) is 48.9 Å². The van der Waals surface area contributed by atoms with Crippen molar-refractivity contribution in [2.75, 3.05) is 20.2 Å². The fraction of sp³-hybridized carbons (Fsp3) is 0.706. The van der Waals surface area contributed by atoms with Crippen molar-refractivity contribution in [3.63, 3.8) is 0 Å². The van der Waals surface area contributed by atoms with E-state index in [4.69, 9.17) is 15.5 Å². The van der Waals surface area contributed by atoms with Crippen LogP contribution >= 0.6 is 0 Å². The van der Waals surface area contributed by atoms with Crippen LogP contribution in [0.15, 0.2) is 6.07 Å². The molecule has 3 rings (SSSR count). The van der Waals surface area contributed by atoms with Gasteiger partial charge in [-0.1, -0.05) is 0 Å². The molecule has 1 unspecified atom stereocenters. The third-order valence-corrected chi connectivity index (χ3v) is 4.92. The maximum Gasteiger partial charge on any atom is 0.218 e. The summed E-state index contributed by atoms with van der Waals surface area (Å²) in [5, 5.41) is 0. The molecule has 0 spiro atoms. The van der Waals surface area contributed by atoms with Gasteiger partial charge >= 0.3 is 0 Å². The summed E-state index contributed by atoms with van der Waals surface area (Å²) in [5.74, 6) is 0.777. The Morgan fingerprint density at radius 1 is 1.33 bits per heavy atom. The molecular formula is C17H27N3O. The fourth-order valence-electron chi connectivity index (χ4n) is 3.57. The minimum Gasteiger partial charge on any atom is -0.477 e. The van der Waals surface area contributed by atoms with Gasteiger partial charge in [0.1, 0.15) is 0 Å². The zero-order chi connectivity index (χ0) is 14.7. The summed E-state index contributed by atoms with van der Waals surface area (Å²) in [6.07, 6.45) is 8.43. The average molecular weight is 289 g/mol. The molecule has 0 radical (unpaired) electrons. The number of pyridine rings is 1. The highest BCUT2D eigenvalue weighted by Gasteiger charge is 2.21. The lowest BCUT2D eigenvalue weighted by Crippen LogP contribution is -2.26. The molecule has 0 bridgehead atoms. The molecule has 1 atom stereocenters. The number of hydrogen-bond donors (Lipinski definition) is 1. The molecule has 4 heteroatoms. The average Bonchev–Trinajstić information content (AvgIpc) is 2.92. The zero-order valence-electron chi connectivity index (χ0n) is 13.1. The zero-order valence-corrected chi connectivity index (χ0v) is 13.1. The third-order valence-electron chi connectivity index (χ3n) is 4.92. The fourth-order valence-corrected chi connectivity index (χ4v) is 3.57. The van der Waals surface area contributed by atoms with Gasteiger partial charge in [0.05, 0.1) is 6.61 Å². The molecule has 2 heterocycles. The van der Waals surface area contributed by atoms with Crippen LogP contribution in [-0.2, 0) is 19.4 Å². The first kappa shape index (κ1) is 14.8. The van der Waals surface area contributed by atoms with Crippen LogP contribution in [0.25, 0.3) is 0 Å². The molecule has 1 fully saturated rings. The predicted octanol–water partition coefficient (Wildman–Crippen LogP) is 2.28. The van der Waals surface area contributed by atoms with Gasteiger partial charge in [0, 0.05) is 23.8 Å². The number of rotatable bonds is 5. The maximum absolute atomic E-state index is 5.99. The molecule has 0 amide bonds. The lowest BCUT2D eigenvalue weighted by Gasteiger charge is -2.21. The van der Waals surface area contributed by atoms with Gasteiger partial charge < -0.3 is 15.4 Å². The standard InChI is InChI=1S/C17H27N3O/c1-20-9-4-6-15(20)8-10-21-17-14(12-18)11-13-5-2-3-7-16(13)19-17/h11,15H,2-10,12,18H2,1H3. The van der Waals surface area contributed by atoms with Gasteiger partial charge in [-0.05, 0) is 70.2 Å². The Morgan fingerprint density at radius 3 is 2.95 bits per heavy atom.